The third kappa shape index (κ3) is 4.55. The van der Waals surface area contributed by atoms with Gasteiger partial charge >= 0.3 is 0 Å². The van der Waals surface area contributed by atoms with E-state index in [2.05, 4.69) is 72.8 Å². The van der Waals surface area contributed by atoms with Crippen molar-refractivity contribution in [3.05, 3.63) is 152 Å². The molecule has 8 aromatic rings. The summed E-state index contributed by atoms with van der Waals surface area (Å²) in [6.07, 6.45) is 0. The first-order valence-corrected chi connectivity index (χ1v) is 14.3. The molecular formula is C39H25N3O. The summed E-state index contributed by atoms with van der Waals surface area (Å²) in [4.78, 5) is 14.6. The number of hydrogen-bond acceptors (Lipinski definition) is 4. The van der Waals surface area contributed by atoms with Gasteiger partial charge in [0.15, 0.2) is 17.5 Å². The van der Waals surface area contributed by atoms with Crippen molar-refractivity contribution in [3.8, 4) is 56.4 Å². The number of benzene rings is 6. The van der Waals surface area contributed by atoms with Crippen molar-refractivity contribution in [1.82, 2.24) is 15.0 Å². The topological polar surface area (TPSA) is 51.8 Å². The fraction of sp³-hybridized carbons (Fsp3) is 0. The van der Waals surface area contributed by atoms with E-state index < -0.39 is 0 Å². The standard InChI is InChI=1S/C39H25N3O/c1-4-12-26(13-5-1)31-24-25-32(36-35(31)33-18-10-11-19-34(33)43-36)27-20-22-30(23-21-27)39-41-37(28-14-6-2-7-15-28)40-38(42-39)29-16-8-3-9-17-29/h1-25H. The average Bonchev–Trinajstić information content (AvgIpc) is 3.49. The lowest BCUT2D eigenvalue weighted by atomic mass is 9.94. The molecule has 6 aromatic carbocycles. The Morgan fingerprint density at radius 3 is 1.35 bits per heavy atom. The highest BCUT2D eigenvalue weighted by atomic mass is 16.3. The van der Waals surface area contributed by atoms with E-state index in [1.165, 1.54) is 5.56 Å². The number of nitrogens with zero attached hydrogens (tertiary/aromatic N) is 3. The molecule has 0 saturated carbocycles. The Kier molecular flexibility index (Phi) is 6.08. The zero-order valence-corrected chi connectivity index (χ0v) is 23.2. The lowest BCUT2D eigenvalue weighted by molar-refractivity contribution is 0.670. The Bertz CT molecular complexity index is 2150. The van der Waals surface area contributed by atoms with Gasteiger partial charge in [0.25, 0.3) is 0 Å². The van der Waals surface area contributed by atoms with Crippen LogP contribution in [-0.4, -0.2) is 15.0 Å². The van der Waals surface area contributed by atoms with Crippen molar-refractivity contribution in [2.75, 3.05) is 0 Å². The first-order valence-electron chi connectivity index (χ1n) is 14.3. The minimum Gasteiger partial charge on any atom is -0.455 e. The molecule has 2 heterocycles. The molecule has 0 N–H and O–H groups in total. The largest absolute Gasteiger partial charge is 0.455 e. The molecular weight excluding hydrogens is 526 g/mol. The van der Waals surface area contributed by atoms with Crippen LogP contribution in [0.3, 0.4) is 0 Å². The first kappa shape index (κ1) is 24.9. The number of fused-ring (bicyclic) bond motifs is 3. The predicted molar refractivity (Wildman–Crippen MR) is 174 cm³/mol. The SMILES string of the molecule is c1ccc(-c2nc(-c3ccccc3)nc(-c3ccc(-c4ccc(-c5ccccc5)c5c4oc4ccccc45)cc3)n2)cc1. The third-order valence-electron chi connectivity index (χ3n) is 7.76. The number of hydrogen-bond donors (Lipinski definition) is 0. The molecule has 4 heteroatoms. The van der Waals surface area contributed by atoms with Crippen molar-refractivity contribution in [2.24, 2.45) is 0 Å². The van der Waals surface area contributed by atoms with Crippen LogP contribution in [0.5, 0.6) is 0 Å². The van der Waals surface area contributed by atoms with Gasteiger partial charge in [-0.15, -0.1) is 0 Å². The van der Waals surface area contributed by atoms with E-state index in [9.17, 15) is 0 Å². The van der Waals surface area contributed by atoms with Crippen LogP contribution >= 0.6 is 0 Å². The van der Waals surface area contributed by atoms with E-state index in [0.717, 1.165) is 55.3 Å². The van der Waals surface area contributed by atoms with Gasteiger partial charge in [-0.05, 0) is 28.8 Å². The predicted octanol–water partition coefficient (Wildman–Crippen LogP) is 10.1. The second kappa shape index (κ2) is 10.5. The van der Waals surface area contributed by atoms with Gasteiger partial charge in [0.1, 0.15) is 11.2 Å². The molecule has 0 atom stereocenters. The second-order valence-electron chi connectivity index (χ2n) is 10.4. The van der Waals surface area contributed by atoms with Crippen molar-refractivity contribution in [2.45, 2.75) is 0 Å². The Hall–Kier alpha value is -5.87. The van der Waals surface area contributed by atoms with E-state index in [-0.39, 0.29) is 0 Å². The quantitative estimate of drug-likeness (QED) is 0.214. The summed E-state index contributed by atoms with van der Waals surface area (Å²) in [6, 6.07) is 51.6. The maximum atomic E-state index is 6.51. The van der Waals surface area contributed by atoms with Crippen molar-refractivity contribution >= 4 is 21.9 Å². The number of aromatic nitrogens is 3. The molecule has 0 fully saturated rings. The van der Waals surface area contributed by atoms with Gasteiger partial charge in [-0.2, -0.15) is 0 Å². The van der Waals surface area contributed by atoms with E-state index >= 15 is 0 Å². The number of para-hydroxylation sites is 1. The summed E-state index contributed by atoms with van der Waals surface area (Å²) in [5.41, 5.74) is 9.01. The fourth-order valence-electron chi connectivity index (χ4n) is 5.65. The maximum Gasteiger partial charge on any atom is 0.164 e. The average molecular weight is 552 g/mol. The number of furan rings is 1. The van der Waals surface area contributed by atoms with E-state index in [1.54, 1.807) is 0 Å². The van der Waals surface area contributed by atoms with Crippen LogP contribution in [0.15, 0.2) is 156 Å². The molecule has 0 unspecified atom stereocenters. The minimum atomic E-state index is 0.632. The lowest BCUT2D eigenvalue weighted by Gasteiger charge is -2.10. The van der Waals surface area contributed by atoms with Gasteiger partial charge in [-0.25, -0.2) is 15.0 Å². The summed E-state index contributed by atoms with van der Waals surface area (Å²) < 4.78 is 6.51. The van der Waals surface area contributed by atoms with Crippen LogP contribution in [0.25, 0.3) is 78.4 Å². The molecule has 0 bridgehead atoms. The molecule has 4 nitrogen and oxygen atoms in total. The molecule has 0 aliphatic heterocycles. The molecule has 0 saturated heterocycles. The Balaban J connectivity index is 1.25. The highest BCUT2D eigenvalue weighted by molar-refractivity contribution is 6.16. The summed E-state index contributed by atoms with van der Waals surface area (Å²) >= 11 is 0. The summed E-state index contributed by atoms with van der Waals surface area (Å²) in [6.45, 7) is 0. The summed E-state index contributed by atoms with van der Waals surface area (Å²) in [5, 5.41) is 2.24. The van der Waals surface area contributed by atoms with Gasteiger partial charge in [0, 0.05) is 33.0 Å². The maximum absolute atomic E-state index is 6.51. The summed E-state index contributed by atoms with van der Waals surface area (Å²) in [7, 11) is 0. The zero-order chi connectivity index (χ0) is 28.6. The van der Waals surface area contributed by atoms with Crippen LogP contribution in [0.4, 0.5) is 0 Å². The van der Waals surface area contributed by atoms with Gasteiger partial charge in [0.05, 0.1) is 0 Å². The first-order chi connectivity index (χ1) is 21.3. The highest BCUT2D eigenvalue weighted by Gasteiger charge is 2.18. The molecule has 2 aromatic heterocycles. The van der Waals surface area contributed by atoms with Crippen LogP contribution < -0.4 is 0 Å². The Morgan fingerprint density at radius 2 is 0.767 bits per heavy atom. The van der Waals surface area contributed by atoms with Crippen LogP contribution in [0, 0.1) is 0 Å². The van der Waals surface area contributed by atoms with Gasteiger partial charge in [-0.1, -0.05) is 140 Å². The second-order valence-corrected chi connectivity index (χ2v) is 10.4. The monoisotopic (exact) mass is 551 g/mol. The molecule has 0 aliphatic rings. The normalized spacial score (nSPS) is 11.3. The third-order valence-corrected chi connectivity index (χ3v) is 7.76. The lowest BCUT2D eigenvalue weighted by Crippen LogP contribution is -2.00. The molecule has 43 heavy (non-hydrogen) atoms. The fourth-order valence-corrected chi connectivity index (χ4v) is 5.65. The Morgan fingerprint density at radius 1 is 0.349 bits per heavy atom. The van der Waals surface area contributed by atoms with Crippen molar-refractivity contribution in [3.63, 3.8) is 0 Å². The number of rotatable bonds is 5. The van der Waals surface area contributed by atoms with E-state index in [1.807, 2.05) is 78.9 Å². The zero-order valence-electron chi connectivity index (χ0n) is 23.2. The van der Waals surface area contributed by atoms with Gasteiger partial charge in [0.2, 0.25) is 0 Å². The molecule has 0 amide bonds. The molecule has 202 valence electrons. The van der Waals surface area contributed by atoms with Crippen molar-refractivity contribution < 1.29 is 4.42 Å². The van der Waals surface area contributed by atoms with Crippen LogP contribution in [0.1, 0.15) is 0 Å². The van der Waals surface area contributed by atoms with Crippen LogP contribution in [0.2, 0.25) is 0 Å². The van der Waals surface area contributed by atoms with Crippen molar-refractivity contribution in [1.29, 1.82) is 0 Å². The molecule has 0 radical (unpaired) electrons. The molecule has 8 rings (SSSR count). The molecule has 0 aliphatic carbocycles. The smallest absolute Gasteiger partial charge is 0.164 e. The van der Waals surface area contributed by atoms with Crippen LogP contribution in [-0.2, 0) is 0 Å². The van der Waals surface area contributed by atoms with Gasteiger partial charge in [-0.3, -0.25) is 0 Å². The Labute approximate surface area is 249 Å². The highest BCUT2D eigenvalue weighted by Crippen LogP contribution is 2.41. The van der Waals surface area contributed by atoms with E-state index in [0.29, 0.717) is 17.5 Å². The van der Waals surface area contributed by atoms with E-state index in [4.69, 9.17) is 19.4 Å². The minimum absolute atomic E-state index is 0.632. The molecule has 0 spiro atoms. The van der Waals surface area contributed by atoms with Gasteiger partial charge < -0.3 is 4.42 Å². The summed E-state index contributed by atoms with van der Waals surface area (Å²) in [5.74, 6) is 1.93.